The number of nitrogens with one attached hydrogen (secondary N) is 1. The van der Waals surface area contributed by atoms with Gasteiger partial charge in [-0.15, -0.1) is 10.2 Å². The lowest BCUT2D eigenvalue weighted by Gasteiger charge is -2.33. The van der Waals surface area contributed by atoms with Gasteiger partial charge in [-0.3, -0.25) is 14.9 Å². The molecule has 3 heterocycles. The van der Waals surface area contributed by atoms with Crippen LogP contribution in [0.3, 0.4) is 0 Å². The van der Waals surface area contributed by atoms with Crippen LogP contribution in [0, 0.1) is 10.1 Å². The van der Waals surface area contributed by atoms with Gasteiger partial charge in [-0.1, -0.05) is 23.7 Å². The molecule has 1 aromatic heterocycles. The lowest BCUT2D eigenvalue weighted by atomic mass is 10.0. The predicted molar refractivity (Wildman–Crippen MR) is 149 cm³/mol. The average Bonchev–Trinajstić information content (AvgIpc) is 3.42. The lowest BCUT2D eigenvalue weighted by Crippen LogP contribution is -2.32. The third kappa shape index (κ3) is 6.33. The van der Waals surface area contributed by atoms with Crippen LogP contribution in [0.25, 0.3) is 11.4 Å². The Kier molecular flexibility index (Phi) is 8.30. The second-order valence-corrected chi connectivity index (χ2v) is 10.1. The molecule has 0 bridgehead atoms. The molecule has 0 saturated carbocycles. The average molecular weight is 552 g/mol. The van der Waals surface area contributed by atoms with E-state index in [1.54, 1.807) is 24.3 Å². The molecule has 39 heavy (non-hydrogen) atoms. The van der Waals surface area contributed by atoms with Crippen LogP contribution in [-0.4, -0.2) is 63.4 Å². The van der Waals surface area contributed by atoms with E-state index < -0.39 is 5.91 Å². The van der Waals surface area contributed by atoms with E-state index in [0.717, 1.165) is 75.2 Å². The third-order valence-corrected chi connectivity index (χ3v) is 7.29. The van der Waals surface area contributed by atoms with Crippen molar-refractivity contribution in [1.82, 2.24) is 25.6 Å². The van der Waals surface area contributed by atoms with Crippen molar-refractivity contribution in [3.8, 4) is 11.4 Å². The van der Waals surface area contributed by atoms with Crippen LogP contribution in [-0.2, 0) is 11.3 Å². The number of anilines is 2. The van der Waals surface area contributed by atoms with Gasteiger partial charge in [0.2, 0.25) is 5.82 Å². The van der Waals surface area contributed by atoms with E-state index >= 15 is 0 Å². The third-order valence-electron chi connectivity index (χ3n) is 6.96. The van der Waals surface area contributed by atoms with E-state index in [1.807, 2.05) is 12.1 Å². The number of tetrazole rings is 1. The number of amides is 1. The number of halogens is 1. The summed E-state index contributed by atoms with van der Waals surface area (Å²) in [6.07, 6.45) is 7.93. The number of hydrogen-bond acceptors (Lipinski definition) is 9. The highest BCUT2D eigenvalue weighted by Crippen LogP contribution is 2.37. The maximum Gasteiger partial charge on any atom is 0.293 e. The highest BCUT2D eigenvalue weighted by atomic mass is 35.5. The predicted octanol–water partition coefficient (Wildman–Crippen LogP) is 4.03. The van der Waals surface area contributed by atoms with Crippen LogP contribution in [0.2, 0.25) is 5.02 Å². The lowest BCUT2D eigenvalue weighted by molar-refractivity contribution is -0.384. The number of nitrogens with zero attached hydrogens (tertiary/aromatic N) is 8. The molecule has 204 valence electrons. The van der Waals surface area contributed by atoms with E-state index in [1.165, 1.54) is 6.21 Å². The Labute approximate surface area is 230 Å². The Morgan fingerprint density at radius 1 is 1.03 bits per heavy atom. The van der Waals surface area contributed by atoms with Gasteiger partial charge in [0.25, 0.3) is 11.6 Å². The van der Waals surface area contributed by atoms with Crippen molar-refractivity contribution >= 4 is 40.8 Å². The second kappa shape index (κ2) is 12.2. The SMILES string of the molecule is O=C(Cn1nnc(-c2ccccc2Cl)n1)N/N=C\c1cc([N+](=O)[O-])c(N2CCCCC2)cc1N1CCCCC1. The largest absolute Gasteiger partial charge is 0.371 e. The number of nitro groups is 1. The number of nitro benzene ring substituents is 1. The molecule has 2 saturated heterocycles. The molecule has 12 nitrogen and oxygen atoms in total. The van der Waals surface area contributed by atoms with Crippen LogP contribution in [0.4, 0.5) is 17.1 Å². The first-order chi connectivity index (χ1) is 19.0. The molecule has 13 heteroatoms. The first-order valence-corrected chi connectivity index (χ1v) is 13.5. The first kappa shape index (κ1) is 26.5. The summed E-state index contributed by atoms with van der Waals surface area (Å²) in [5, 5.41) is 28.7. The molecule has 0 atom stereocenters. The van der Waals surface area contributed by atoms with E-state index in [0.29, 0.717) is 27.7 Å². The van der Waals surface area contributed by atoms with Gasteiger partial charge in [-0.05, 0) is 61.9 Å². The summed E-state index contributed by atoms with van der Waals surface area (Å²) >= 11 is 6.19. The number of carbonyl (C=O) groups excluding carboxylic acids is 1. The molecule has 0 spiro atoms. The molecule has 2 aromatic carbocycles. The van der Waals surface area contributed by atoms with Crippen LogP contribution >= 0.6 is 11.6 Å². The summed E-state index contributed by atoms with van der Waals surface area (Å²) in [6, 6.07) is 10.6. The van der Waals surface area contributed by atoms with Crippen molar-refractivity contribution < 1.29 is 9.72 Å². The molecule has 0 unspecified atom stereocenters. The van der Waals surface area contributed by atoms with Gasteiger partial charge in [0.1, 0.15) is 12.2 Å². The minimum Gasteiger partial charge on any atom is -0.371 e. The summed E-state index contributed by atoms with van der Waals surface area (Å²) in [6.45, 7) is 3.14. The molecule has 3 aromatic rings. The Hall–Kier alpha value is -4.06. The smallest absolute Gasteiger partial charge is 0.293 e. The van der Waals surface area contributed by atoms with Crippen LogP contribution < -0.4 is 15.2 Å². The van der Waals surface area contributed by atoms with Crippen LogP contribution in [0.5, 0.6) is 0 Å². The number of piperidine rings is 2. The van der Waals surface area contributed by atoms with Gasteiger partial charge in [-0.2, -0.15) is 9.90 Å². The normalized spacial score (nSPS) is 16.0. The molecular weight excluding hydrogens is 522 g/mol. The number of aromatic nitrogens is 4. The molecule has 0 radical (unpaired) electrons. The van der Waals surface area contributed by atoms with Gasteiger partial charge in [0.15, 0.2) is 0 Å². The zero-order valence-electron chi connectivity index (χ0n) is 21.5. The van der Waals surface area contributed by atoms with E-state index in [9.17, 15) is 14.9 Å². The molecule has 1 amide bonds. The molecular formula is C26H30ClN9O3. The highest BCUT2D eigenvalue weighted by Gasteiger charge is 2.26. The number of benzene rings is 2. The van der Waals surface area contributed by atoms with Crippen molar-refractivity contribution in [1.29, 1.82) is 0 Å². The van der Waals surface area contributed by atoms with Crippen molar-refractivity contribution in [3.05, 3.63) is 57.1 Å². The quantitative estimate of drug-likeness (QED) is 0.252. The number of hydrogen-bond donors (Lipinski definition) is 1. The second-order valence-electron chi connectivity index (χ2n) is 9.67. The molecule has 5 rings (SSSR count). The van der Waals surface area contributed by atoms with E-state index in [-0.39, 0.29) is 17.2 Å². The Morgan fingerprint density at radius 2 is 1.69 bits per heavy atom. The number of hydrazone groups is 1. The van der Waals surface area contributed by atoms with Gasteiger partial charge < -0.3 is 9.80 Å². The minimum atomic E-state index is -0.465. The monoisotopic (exact) mass is 551 g/mol. The van der Waals surface area contributed by atoms with Crippen molar-refractivity contribution in [3.63, 3.8) is 0 Å². The summed E-state index contributed by atoms with van der Waals surface area (Å²) < 4.78 is 0. The maximum absolute atomic E-state index is 12.5. The first-order valence-electron chi connectivity index (χ1n) is 13.2. The fourth-order valence-corrected chi connectivity index (χ4v) is 5.25. The topological polar surface area (TPSA) is 135 Å². The fraction of sp³-hybridized carbons (Fsp3) is 0.423. The Bertz CT molecular complexity index is 1360. The molecule has 0 aliphatic carbocycles. The van der Waals surface area contributed by atoms with E-state index in [4.69, 9.17) is 11.6 Å². The molecule has 2 fully saturated rings. The van der Waals surface area contributed by atoms with Crippen molar-refractivity contribution in [2.45, 2.75) is 45.1 Å². The van der Waals surface area contributed by atoms with Crippen molar-refractivity contribution in [2.24, 2.45) is 5.10 Å². The summed E-state index contributed by atoms with van der Waals surface area (Å²) in [5.74, 6) is -0.155. The Balaban J connectivity index is 1.34. The standard InChI is InChI=1S/C26H30ClN9O3/c27-21-10-4-3-9-20(21)26-30-32-35(31-26)18-25(37)29-28-17-19-15-24(36(38)39)23(34-13-7-2-8-14-34)16-22(19)33-11-5-1-6-12-33/h3-4,9-10,15-17H,1-2,5-8,11-14,18H2,(H,29,37)/b28-17-. The molecule has 2 aliphatic rings. The zero-order chi connectivity index (χ0) is 27.2. The van der Waals surface area contributed by atoms with Gasteiger partial charge in [0, 0.05) is 49.1 Å². The minimum absolute atomic E-state index is 0.0457. The highest BCUT2D eigenvalue weighted by molar-refractivity contribution is 6.33. The van der Waals surface area contributed by atoms with Gasteiger partial charge in [-0.25, -0.2) is 5.43 Å². The summed E-state index contributed by atoms with van der Waals surface area (Å²) in [4.78, 5) is 29.7. The Morgan fingerprint density at radius 3 is 2.36 bits per heavy atom. The fourth-order valence-electron chi connectivity index (χ4n) is 5.03. The van der Waals surface area contributed by atoms with Gasteiger partial charge >= 0.3 is 0 Å². The van der Waals surface area contributed by atoms with Crippen molar-refractivity contribution in [2.75, 3.05) is 36.0 Å². The summed E-state index contributed by atoms with van der Waals surface area (Å²) in [7, 11) is 0. The molecule has 2 aliphatic heterocycles. The number of carbonyl (C=O) groups is 1. The van der Waals surface area contributed by atoms with Crippen LogP contribution in [0.15, 0.2) is 41.5 Å². The zero-order valence-corrected chi connectivity index (χ0v) is 22.3. The van der Waals surface area contributed by atoms with E-state index in [2.05, 4.69) is 35.7 Å². The summed E-state index contributed by atoms with van der Waals surface area (Å²) in [5.41, 5.74) is 5.26. The van der Waals surface area contributed by atoms with Crippen LogP contribution in [0.1, 0.15) is 44.1 Å². The van der Waals surface area contributed by atoms with Gasteiger partial charge in [0.05, 0.1) is 16.2 Å². The molecule has 1 N–H and O–H groups in total. The number of rotatable bonds is 8. The maximum atomic E-state index is 12.5.